The van der Waals surface area contributed by atoms with Crippen LogP contribution in [0.3, 0.4) is 0 Å². The smallest absolute Gasteiger partial charge is 0.176 e. The van der Waals surface area contributed by atoms with Gasteiger partial charge in [-0.2, -0.15) is 5.10 Å². The third kappa shape index (κ3) is 3.54. The summed E-state index contributed by atoms with van der Waals surface area (Å²) in [6.07, 6.45) is 2.86. The molecule has 0 saturated carbocycles. The second kappa shape index (κ2) is 7.10. The molecule has 0 radical (unpaired) electrons. The van der Waals surface area contributed by atoms with Crippen molar-refractivity contribution in [1.82, 2.24) is 20.1 Å². The van der Waals surface area contributed by atoms with Crippen LogP contribution in [0.2, 0.25) is 0 Å². The Kier molecular flexibility index (Phi) is 4.93. The fourth-order valence-corrected chi connectivity index (χ4v) is 3.18. The number of fused-ring (bicyclic) bond motifs is 1. The molecular formula is C17H24N4O2. The highest BCUT2D eigenvalue weighted by atomic mass is 16.5. The van der Waals surface area contributed by atoms with Crippen molar-refractivity contribution < 1.29 is 9.84 Å². The third-order valence-corrected chi connectivity index (χ3v) is 4.33. The van der Waals surface area contributed by atoms with E-state index >= 15 is 0 Å². The van der Waals surface area contributed by atoms with Gasteiger partial charge in [0.05, 0.1) is 6.54 Å². The molecule has 1 aromatic heterocycles. The molecule has 0 amide bonds. The summed E-state index contributed by atoms with van der Waals surface area (Å²) in [4.78, 5) is 4.51. The first kappa shape index (κ1) is 16.0. The number of aromatic hydroxyl groups is 1. The van der Waals surface area contributed by atoms with Crippen LogP contribution in [0.4, 0.5) is 0 Å². The number of para-hydroxylation sites is 1. The molecule has 0 fully saturated rings. The van der Waals surface area contributed by atoms with Gasteiger partial charge in [-0.25, -0.2) is 9.67 Å². The van der Waals surface area contributed by atoms with E-state index in [1.165, 1.54) is 0 Å². The summed E-state index contributed by atoms with van der Waals surface area (Å²) in [5.41, 5.74) is 0.958. The molecule has 0 aliphatic carbocycles. The van der Waals surface area contributed by atoms with Gasteiger partial charge in [-0.05, 0) is 18.9 Å². The van der Waals surface area contributed by atoms with E-state index in [0.717, 1.165) is 43.0 Å². The predicted molar refractivity (Wildman–Crippen MR) is 87.1 cm³/mol. The van der Waals surface area contributed by atoms with Crippen molar-refractivity contribution in [2.75, 3.05) is 7.11 Å². The molecule has 0 unspecified atom stereocenters. The van der Waals surface area contributed by atoms with Crippen LogP contribution >= 0.6 is 0 Å². The Morgan fingerprint density at radius 2 is 2.26 bits per heavy atom. The van der Waals surface area contributed by atoms with Gasteiger partial charge in [0.2, 0.25) is 0 Å². The number of aryl methyl sites for hydroxylation is 1. The van der Waals surface area contributed by atoms with Gasteiger partial charge in [0.15, 0.2) is 5.82 Å². The average Bonchev–Trinajstić information content (AvgIpc) is 2.95. The predicted octanol–water partition coefficient (Wildman–Crippen LogP) is 2.19. The fourth-order valence-electron chi connectivity index (χ4n) is 3.18. The van der Waals surface area contributed by atoms with Crippen LogP contribution in [-0.2, 0) is 24.3 Å². The molecule has 6 heteroatoms. The number of hydrogen-bond acceptors (Lipinski definition) is 5. The number of phenols is 1. The first-order valence-electron chi connectivity index (χ1n) is 8.16. The maximum atomic E-state index is 10.1. The SMILES string of the molecule is CC[C@@H](N[C@H]1CCc2nc(COC)nn2C1)c1ccccc1O. The van der Waals surface area contributed by atoms with E-state index < -0.39 is 0 Å². The number of rotatable bonds is 6. The molecule has 2 heterocycles. The summed E-state index contributed by atoms with van der Waals surface area (Å²) in [6, 6.07) is 8.01. The summed E-state index contributed by atoms with van der Waals surface area (Å²) in [5, 5.41) is 18.3. The maximum absolute atomic E-state index is 10.1. The van der Waals surface area contributed by atoms with Crippen molar-refractivity contribution in [2.45, 2.75) is 51.4 Å². The van der Waals surface area contributed by atoms with E-state index in [0.29, 0.717) is 18.4 Å². The maximum Gasteiger partial charge on any atom is 0.176 e. The lowest BCUT2D eigenvalue weighted by molar-refractivity contribution is 0.177. The number of nitrogens with zero attached hydrogens (tertiary/aromatic N) is 3. The highest BCUT2D eigenvalue weighted by Crippen LogP contribution is 2.27. The Balaban J connectivity index is 1.69. The van der Waals surface area contributed by atoms with Crippen molar-refractivity contribution >= 4 is 0 Å². The standard InChI is InChI=1S/C17H24N4O2/c1-3-14(13-6-4-5-7-15(13)22)18-12-8-9-17-19-16(11-23-2)20-21(17)10-12/h4-7,12,14,18,22H,3,8-11H2,1-2H3/t12-,14+/m0/s1. The molecule has 1 aliphatic rings. The number of methoxy groups -OCH3 is 1. The molecule has 0 saturated heterocycles. The zero-order valence-corrected chi connectivity index (χ0v) is 13.7. The van der Waals surface area contributed by atoms with E-state index in [4.69, 9.17) is 4.74 Å². The van der Waals surface area contributed by atoms with Gasteiger partial charge in [-0.15, -0.1) is 0 Å². The van der Waals surface area contributed by atoms with Crippen LogP contribution in [0.5, 0.6) is 5.75 Å². The Hall–Kier alpha value is -1.92. The van der Waals surface area contributed by atoms with E-state index in [1.54, 1.807) is 13.2 Å². The molecule has 0 spiro atoms. The Morgan fingerprint density at radius 1 is 1.43 bits per heavy atom. The number of phenolic OH excluding ortho intramolecular Hbond substituents is 1. The highest BCUT2D eigenvalue weighted by molar-refractivity contribution is 5.34. The molecule has 2 aromatic rings. The zero-order valence-electron chi connectivity index (χ0n) is 13.7. The number of nitrogens with one attached hydrogen (secondary N) is 1. The average molecular weight is 316 g/mol. The van der Waals surface area contributed by atoms with Gasteiger partial charge in [-0.1, -0.05) is 25.1 Å². The quantitative estimate of drug-likeness (QED) is 0.855. The summed E-state index contributed by atoms with van der Waals surface area (Å²) in [6.45, 7) is 3.38. The van der Waals surface area contributed by atoms with Gasteiger partial charge >= 0.3 is 0 Å². The van der Waals surface area contributed by atoms with Crippen LogP contribution < -0.4 is 5.32 Å². The number of hydrogen-bond donors (Lipinski definition) is 2. The molecule has 124 valence electrons. The molecule has 23 heavy (non-hydrogen) atoms. The second-order valence-corrected chi connectivity index (χ2v) is 5.98. The molecule has 6 nitrogen and oxygen atoms in total. The number of aromatic nitrogens is 3. The molecule has 2 atom stereocenters. The fraction of sp³-hybridized carbons (Fsp3) is 0.529. The second-order valence-electron chi connectivity index (χ2n) is 5.98. The Morgan fingerprint density at radius 3 is 3.00 bits per heavy atom. The summed E-state index contributed by atoms with van der Waals surface area (Å²) in [5.74, 6) is 2.13. The monoisotopic (exact) mass is 316 g/mol. The molecule has 2 N–H and O–H groups in total. The van der Waals surface area contributed by atoms with Crippen molar-refractivity contribution in [3.05, 3.63) is 41.5 Å². The lowest BCUT2D eigenvalue weighted by Crippen LogP contribution is -2.39. The van der Waals surface area contributed by atoms with E-state index in [2.05, 4.69) is 22.3 Å². The minimum absolute atomic E-state index is 0.143. The van der Waals surface area contributed by atoms with Crippen molar-refractivity contribution in [3.63, 3.8) is 0 Å². The van der Waals surface area contributed by atoms with Gasteiger partial charge < -0.3 is 15.2 Å². The summed E-state index contributed by atoms with van der Waals surface area (Å²) in [7, 11) is 1.66. The van der Waals surface area contributed by atoms with E-state index in [-0.39, 0.29) is 6.04 Å². The van der Waals surface area contributed by atoms with Crippen LogP contribution in [-0.4, -0.2) is 33.0 Å². The van der Waals surface area contributed by atoms with Crippen LogP contribution in [0.15, 0.2) is 24.3 Å². The topological polar surface area (TPSA) is 72.2 Å². The largest absolute Gasteiger partial charge is 0.508 e. The molecule has 0 bridgehead atoms. The van der Waals surface area contributed by atoms with Crippen molar-refractivity contribution in [2.24, 2.45) is 0 Å². The van der Waals surface area contributed by atoms with Gasteiger partial charge in [0.1, 0.15) is 18.2 Å². The first-order chi connectivity index (χ1) is 11.2. The van der Waals surface area contributed by atoms with E-state index in [9.17, 15) is 5.11 Å². The summed E-state index contributed by atoms with van der Waals surface area (Å²) >= 11 is 0. The van der Waals surface area contributed by atoms with Gasteiger partial charge in [-0.3, -0.25) is 0 Å². The van der Waals surface area contributed by atoms with Crippen LogP contribution in [0, 0.1) is 0 Å². The summed E-state index contributed by atoms with van der Waals surface area (Å²) < 4.78 is 7.08. The first-order valence-corrected chi connectivity index (χ1v) is 8.16. The minimum atomic E-state index is 0.143. The van der Waals surface area contributed by atoms with Crippen LogP contribution in [0.1, 0.15) is 43.0 Å². The lowest BCUT2D eigenvalue weighted by Gasteiger charge is -2.28. The normalized spacial score (nSPS) is 18.6. The molecule has 1 aliphatic heterocycles. The minimum Gasteiger partial charge on any atom is -0.508 e. The zero-order chi connectivity index (χ0) is 16.2. The number of benzene rings is 1. The molecular weight excluding hydrogens is 292 g/mol. The highest BCUT2D eigenvalue weighted by Gasteiger charge is 2.24. The van der Waals surface area contributed by atoms with Gasteiger partial charge in [0.25, 0.3) is 0 Å². The van der Waals surface area contributed by atoms with Crippen molar-refractivity contribution in [1.29, 1.82) is 0 Å². The third-order valence-electron chi connectivity index (χ3n) is 4.33. The Bertz CT molecular complexity index is 656. The lowest BCUT2D eigenvalue weighted by atomic mass is 10.00. The van der Waals surface area contributed by atoms with Gasteiger partial charge in [0, 0.05) is 31.2 Å². The molecule has 1 aromatic carbocycles. The van der Waals surface area contributed by atoms with E-state index in [1.807, 2.05) is 22.9 Å². The Labute approximate surface area is 136 Å². The van der Waals surface area contributed by atoms with Crippen molar-refractivity contribution in [3.8, 4) is 5.75 Å². The molecule has 3 rings (SSSR count). The number of ether oxygens (including phenoxy) is 1. The van der Waals surface area contributed by atoms with Crippen LogP contribution in [0.25, 0.3) is 0 Å².